The zero-order chi connectivity index (χ0) is 30.7. The molecule has 0 spiro atoms. The average Bonchev–Trinajstić information content (AvgIpc) is 2.96. The Morgan fingerprint density at radius 3 is 2.14 bits per heavy atom. The number of likely N-dealkylation sites (tertiary alicyclic amines) is 1. The lowest BCUT2D eigenvalue weighted by Crippen LogP contribution is -2.57. The van der Waals surface area contributed by atoms with Gasteiger partial charge in [0.15, 0.2) is 0 Å². The molecule has 2 heterocycles. The standard InChI is InChI=1S/C32H42F3N3O4/c1-5-42-27-8-6-7-25(21-27)31(41,32(33,34)35)30(40)38-17-13-24(14-18-38)20-23-11-15-37(16-12-23)26-9-10-28(22(2)19-26)29(39)36(3)4/h6-10,19,21,23-24,41H,5,11-18,20H2,1-4H3/t31-/m1/s1. The molecule has 7 nitrogen and oxygen atoms in total. The smallest absolute Gasteiger partial charge is 0.430 e. The number of halogens is 3. The Balaban J connectivity index is 1.31. The van der Waals surface area contributed by atoms with E-state index in [-0.39, 0.29) is 31.4 Å². The van der Waals surface area contributed by atoms with Crippen LogP contribution in [-0.4, -0.2) is 79.8 Å². The number of hydrogen-bond acceptors (Lipinski definition) is 5. The van der Waals surface area contributed by atoms with Gasteiger partial charge in [0.25, 0.3) is 17.4 Å². The van der Waals surface area contributed by atoms with Gasteiger partial charge in [0.05, 0.1) is 6.61 Å². The maximum Gasteiger partial charge on any atom is 0.430 e. The molecule has 2 aliphatic heterocycles. The van der Waals surface area contributed by atoms with Crippen molar-refractivity contribution in [3.8, 4) is 5.75 Å². The summed E-state index contributed by atoms with van der Waals surface area (Å²) in [5.41, 5.74) is -1.40. The number of carbonyl (C=O) groups excluding carboxylic acids is 2. The van der Waals surface area contributed by atoms with Crippen LogP contribution in [-0.2, 0) is 10.4 Å². The van der Waals surface area contributed by atoms with E-state index in [0.29, 0.717) is 30.2 Å². The Morgan fingerprint density at radius 1 is 0.976 bits per heavy atom. The first kappa shape index (κ1) is 31.7. The van der Waals surface area contributed by atoms with Gasteiger partial charge in [-0.1, -0.05) is 12.1 Å². The van der Waals surface area contributed by atoms with Crippen LogP contribution in [0.2, 0.25) is 0 Å². The molecule has 2 amide bonds. The summed E-state index contributed by atoms with van der Waals surface area (Å²) in [5, 5.41) is 10.9. The molecule has 0 aromatic heterocycles. The number of amides is 2. The van der Waals surface area contributed by atoms with E-state index in [1.54, 1.807) is 25.9 Å². The van der Waals surface area contributed by atoms with Crippen molar-refractivity contribution in [1.29, 1.82) is 0 Å². The topological polar surface area (TPSA) is 73.3 Å². The number of benzene rings is 2. The molecule has 0 radical (unpaired) electrons. The number of nitrogens with zero attached hydrogens (tertiary/aromatic N) is 3. The van der Waals surface area contributed by atoms with Crippen molar-refractivity contribution in [2.45, 2.75) is 57.7 Å². The Hall–Kier alpha value is -3.27. The number of ether oxygens (including phenoxy) is 1. The molecule has 2 aromatic carbocycles. The number of carbonyl (C=O) groups is 2. The molecular formula is C32H42F3N3O4. The zero-order valence-corrected chi connectivity index (χ0v) is 24.9. The van der Waals surface area contributed by atoms with Crippen LogP contribution in [0.15, 0.2) is 42.5 Å². The van der Waals surface area contributed by atoms with Gasteiger partial charge in [-0.05, 0) is 93.7 Å². The van der Waals surface area contributed by atoms with Crippen LogP contribution in [0.1, 0.15) is 60.5 Å². The number of hydrogen-bond donors (Lipinski definition) is 1. The lowest BCUT2D eigenvalue weighted by Gasteiger charge is -2.40. The first-order chi connectivity index (χ1) is 19.8. The number of piperidine rings is 2. The van der Waals surface area contributed by atoms with Crippen LogP contribution in [0.3, 0.4) is 0 Å². The third kappa shape index (κ3) is 6.69. The largest absolute Gasteiger partial charge is 0.494 e. The zero-order valence-electron chi connectivity index (χ0n) is 24.9. The molecule has 4 rings (SSSR count). The average molecular weight is 590 g/mol. The van der Waals surface area contributed by atoms with Crippen LogP contribution < -0.4 is 9.64 Å². The second-order valence-electron chi connectivity index (χ2n) is 11.8. The lowest BCUT2D eigenvalue weighted by molar-refractivity contribution is -0.262. The van der Waals surface area contributed by atoms with Crippen molar-refractivity contribution >= 4 is 17.5 Å². The highest BCUT2D eigenvalue weighted by Gasteiger charge is 2.62. The Labute approximate surface area is 246 Å². The van der Waals surface area contributed by atoms with Crippen molar-refractivity contribution in [3.05, 3.63) is 59.2 Å². The van der Waals surface area contributed by atoms with Gasteiger partial charge >= 0.3 is 6.18 Å². The lowest BCUT2D eigenvalue weighted by atomic mass is 9.82. The van der Waals surface area contributed by atoms with Gasteiger partial charge in [-0.15, -0.1) is 0 Å². The van der Waals surface area contributed by atoms with Gasteiger partial charge in [0.1, 0.15) is 5.75 Å². The number of anilines is 1. The molecule has 2 saturated heterocycles. The van der Waals surface area contributed by atoms with Crippen LogP contribution in [0.25, 0.3) is 0 Å². The molecule has 1 N–H and O–H groups in total. The Morgan fingerprint density at radius 2 is 1.60 bits per heavy atom. The van der Waals surface area contributed by atoms with Gasteiger partial charge < -0.3 is 24.5 Å². The first-order valence-electron chi connectivity index (χ1n) is 14.7. The molecule has 0 saturated carbocycles. The highest BCUT2D eigenvalue weighted by molar-refractivity contribution is 5.95. The minimum atomic E-state index is -5.18. The fraction of sp³-hybridized carbons (Fsp3) is 0.562. The predicted molar refractivity (Wildman–Crippen MR) is 156 cm³/mol. The van der Waals surface area contributed by atoms with Crippen molar-refractivity contribution in [1.82, 2.24) is 9.80 Å². The first-order valence-corrected chi connectivity index (χ1v) is 14.7. The summed E-state index contributed by atoms with van der Waals surface area (Å²) in [4.78, 5) is 30.6. The van der Waals surface area contributed by atoms with Gasteiger partial charge in [-0.2, -0.15) is 13.2 Å². The van der Waals surface area contributed by atoms with Crippen LogP contribution in [0.4, 0.5) is 18.9 Å². The molecule has 2 fully saturated rings. The van der Waals surface area contributed by atoms with E-state index in [9.17, 15) is 27.9 Å². The highest BCUT2D eigenvalue weighted by Crippen LogP contribution is 2.42. The monoisotopic (exact) mass is 589 g/mol. The normalized spacial score (nSPS) is 18.5. The minimum absolute atomic E-state index is 0.00984. The maximum atomic E-state index is 14.2. The van der Waals surface area contributed by atoms with E-state index in [2.05, 4.69) is 11.0 Å². The van der Waals surface area contributed by atoms with E-state index in [1.807, 2.05) is 19.1 Å². The molecule has 10 heteroatoms. The second kappa shape index (κ2) is 12.9. The Bertz CT molecular complexity index is 1250. The Kier molecular flexibility index (Phi) is 9.75. The van der Waals surface area contributed by atoms with Crippen molar-refractivity contribution < 1.29 is 32.6 Å². The third-order valence-corrected chi connectivity index (χ3v) is 8.68. The van der Waals surface area contributed by atoms with Crippen molar-refractivity contribution in [3.63, 3.8) is 0 Å². The van der Waals surface area contributed by atoms with E-state index < -0.39 is 23.2 Å². The summed E-state index contributed by atoms with van der Waals surface area (Å²) in [6.07, 6.45) is -0.953. The summed E-state index contributed by atoms with van der Waals surface area (Å²) < 4.78 is 47.9. The summed E-state index contributed by atoms with van der Waals surface area (Å²) in [6, 6.07) is 11.0. The maximum absolute atomic E-state index is 14.2. The molecule has 2 aliphatic rings. The van der Waals surface area contributed by atoms with Gasteiger partial charge in [0, 0.05) is 57.1 Å². The van der Waals surface area contributed by atoms with Crippen molar-refractivity contribution in [2.24, 2.45) is 11.8 Å². The van der Waals surface area contributed by atoms with Gasteiger partial charge in [-0.3, -0.25) is 9.59 Å². The fourth-order valence-corrected chi connectivity index (χ4v) is 6.21. The number of rotatable bonds is 8. The molecule has 0 bridgehead atoms. The van der Waals surface area contributed by atoms with E-state index in [1.165, 1.54) is 12.1 Å². The molecular weight excluding hydrogens is 547 g/mol. The highest BCUT2D eigenvalue weighted by atomic mass is 19.4. The molecule has 2 aromatic rings. The van der Waals surface area contributed by atoms with Crippen LogP contribution >= 0.6 is 0 Å². The van der Waals surface area contributed by atoms with Gasteiger partial charge in [-0.25, -0.2) is 0 Å². The molecule has 230 valence electrons. The van der Waals surface area contributed by atoms with E-state index in [4.69, 9.17) is 4.74 Å². The second-order valence-corrected chi connectivity index (χ2v) is 11.8. The molecule has 1 atom stereocenters. The van der Waals surface area contributed by atoms with Crippen LogP contribution in [0.5, 0.6) is 5.75 Å². The number of alkyl halides is 3. The SMILES string of the molecule is CCOc1cccc([C@@](O)(C(=O)N2CCC(CC3CCN(c4ccc(C(=O)N(C)C)c(C)c4)CC3)CC2)C(F)(F)F)c1. The number of aryl methyl sites for hydroxylation is 1. The van der Waals surface area contributed by atoms with E-state index >= 15 is 0 Å². The van der Waals surface area contributed by atoms with E-state index in [0.717, 1.165) is 60.6 Å². The third-order valence-electron chi connectivity index (χ3n) is 8.68. The molecule has 0 aliphatic carbocycles. The molecule has 42 heavy (non-hydrogen) atoms. The summed E-state index contributed by atoms with van der Waals surface area (Å²) in [5.74, 6) is -0.336. The summed E-state index contributed by atoms with van der Waals surface area (Å²) >= 11 is 0. The minimum Gasteiger partial charge on any atom is -0.494 e. The van der Waals surface area contributed by atoms with Gasteiger partial charge in [0.2, 0.25) is 0 Å². The molecule has 0 unspecified atom stereocenters. The quantitative estimate of drug-likeness (QED) is 0.447. The van der Waals surface area contributed by atoms with Crippen molar-refractivity contribution in [2.75, 3.05) is 51.8 Å². The summed E-state index contributed by atoms with van der Waals surface area (Å²) in [7, 11) is 3.49. The summed E-state index contributed by atoms with van der Waals surface area (Å²) in [6.45, 7) is 6.09. The number of aliphatic hydroxyl groups is 1. The van der Waals surface area contributed by atoms with Crippen LogP contribution in [0, 0.1) is 18.8 Å². The fourth-order valence-electron chi connectivity index (χ4n) is 6.21. The predicted octanol–water partition coefficient (Wildman–Crippen LogP) is 5.39.